The predicted octanol–water partition coefficient (Wildman–Crippen LogP) is 3.48. The van der Waals surface area contributed by atoms with E-state index in [9.17, 15) is 5.11 Å². The van der Waals surface area contributed by atoms with Crippen LogP contribution in [0.2, 0.25) is 18.1 Å². The maximum Gasteiger partial charge on any atom is 0.192 e. The van der Waals surface area contributed by atoms with Gasteiger partial charge in [0, 0.05) is 6.10 Å². The minimum atomic E-state index is -1.75. The third-order valence-corrected chi connectivity index (χ3v) is 8.50. The lowest BCUT2D eigenvalue weighted by Crippen LogP contribution is -2.43. The second-order valence-electron chi connectivity index (χ2n) is 7.02. The Labute approximate surface area is 119 Å². The fourth-order valence-electron chi connectivity index (χ4n) is 1.61. The summed E-state index contributed by atoms with van der Waals surface area (Å²) in [6.07, 6.45) is 2.78. The van der Waals surface area contributed by atoms with Crippen LogP contribution in [0.25, 0.3) is 0 Å². The normalized spacial score (nSPS) is 17.4. The minimum absolute atomic E-state index is 0.0583. The predicted molar refractivity (Wildman–Crippen MR) is 83.8 cm³/mol. The molecule has 0 saturated carbocycles. The maximum atomic E-state index is 9.97. The summed E-state index contributed by atoms with van der Waals surface area (Å²) in [5.74, 6) is 0. The standard InChI is InChI=1S/C15H32O3Si/c1-12(11-16)8-9-14(17)10-13(2)18-19(6,7)15(3,4)5/h8,13-14,16-17H,9-11H2,1-7H3/b12-8+/t13-,14+/m0/s1. The number of aliphatic hydroxyl groups is 2. The Hall–Kier alpha value is -0.163. The van der Waals surface area contributed by atoms with Gasteiger partial charge in [-0.05, 0) is 44.8 Å². The monoisotopic (exact) mass is 288 g/mol. The van der Waals surface area contributed by atoms with Gasteiger partial charge in [-0.2, -0.15) is 0 Å². The van der Waals surface area contributed by atoms with Crippen molar-refractivity contribution >= 4 is 8.32 Å². The van der Waals surface area contributed by atoms with Gasteiger partial charge >= 0.3 is 0 Å². The SMILES string of the molecule is C/C(=C\C[C@@H](O)C[C@H](C)O[Si](C)(C)C(C)(C)C)CO. The van der Waals surface area contributed by atoms with Gasteiger partial charge in [-0.25, -0.2) is 0 Å². The highest BCUT2D eigenvalue weighted by Crippen LogP contribution is 2.37. The zero-order valence-corrected chi connectivity index (χ0v) is 14.7. The smallest absolute Gasteiger partial charge is 0.192 e. The van der Waals surface area contributed by atoms with E-state index in [0.717, 1.165) is 5.57 Å². The maximum absolute atomic E-state index is 9.97. The number of rotatable bonds is 7. The second kappa shape index (κ2) is 7.57. The summed E-state index contributed by atoms with van der Waals surface area (Å²) in [6, 6.07) is 0. The molecule has 2 N–H and O–H groups in total. The quantitative estimate of drug-likeness (QED) is 0.557. The average molecular weight is 289 g/mol. The van der Waals surface area contributed by atoms with Crippen molar-refractivity contribution in [3.05, 3.63) is 11.6 Å². The molecule has 0 bridgehead atoms. The summed E-state index contributed by atoms with van der Waals surface area (Å²) < 4.78 is 6.21. The molecule has 0 aromatic carbocycles. The Morgan fingerprint density at radius 1 is 1.32 bits per heavy atom. The molecule has 0 aliphatic rings. The van der Waals surface area contributed by atoms with Crippen LogP contribution in [0.15, 0.2) is 11.6 Å². The first-order valence-electron chi connectivity index (χ1n) is 7.12. The van der Waals surface area contributed by atoms with Crippen LogP contribution in [-0.2, 0) is 4.43 Å². The van der Waals surface area contributed by atoms with Gasteiger partial charge in [0.25, 0.3) is 0 Å². The topological polar surface area (TPSA) is 49.7 Å². The van der Waals surface area contributed by atoms with E-state index in [2.05, 4.69) is 33.9 Å². The zero-order chi connectivity index (χ0) is 15.3. The zero-order valence-electron chi connectivity index (χ0n) is 13.7. The van der Waals surface area contributed by atoms with Gasteiger partial charge in [-0.3, -0.25) is 0 Å². The van der Waals surface area contributed by atoms with Gasteiger partial charge in [0.05, 0.1) is 12.7 Å². The van der Waals surface area contributed by atoms with Crippen LogP contribution in [0.4, 0.5) is 0 Å². The molecule has 0 amide bonds. The Kier molecular flexibility index (Phi) is 7.51. The minimum Gasteiger partial charge on any atom is -0.414 e. The van der Waals surface area contributed by atoms with Crippen molar-refractivity contribution in [2.75, 3.05) is 6.61 Å². The van der Waals surface area contributed by atoms with Crippen molar-refractivity contribution < 1.29 is 14.6 Å². The van der Waals surface area contributed by atoms with Crippen LogP contribution < -0.4 is 0 Å². The molecule has 4 heteroatoms. The van der Waals surface area contributed by atoms with Gasteiger partial charge in [0.1, 0.15) is 0 Å². The van der Waals surface area contributed by atoms with Crippen LogP contribution in [0, 0.1) is 0 Å². The molecule has 0 aromatic heterocycles. The highest BCUT2D eigenvalue weighted by atomic mass is 28.4. The van der Waals surface area contributed by atoms with Crippen LogP contribution in [0.5, 0.6) is 0 Å². The van der Waals surface area contributed by atoms with Crippen molar-refractivity contribution in [1.29, 1.82) is 0 Å². The van der Waals surface area contributed by atoms with Crippen LogP contribution in [0.3, 0.4) is 0 Å². The molecule has 0 heterocycles. The molecule has 0 aromatic rings. The molecule has 3 nitrogen and oxygen atoms in total. The Bertz CT molecular complexity index is 292. The summed E-state index contributed by atoms with van der Waals surface area (Å²) >= 11 is 0. The van der Waals surface area contributed by atoms with E-state index in [4.69, 9.17) is 9.53 Å². The molecule has 0 aliphatic carbocycles. The molecular formula is C15H32O3Si. The second-order valence-corrected chi connectivity index (χ2v) is 11.8. The van der Waals surface area contributed by atoms with E-state index in [-0.39, 0.29) is 17.7 Å². The molecule has 0 saturated heterocycles. The van der Waals surface area contributed by atoms with Crippen molar-refractivity contribution in [1.82, 2.24) is 0 Å². The van der Waals surface area contributed by atoms with Gasteiger partial charge in [0.2, 0.25) is 0 Å². The highest BCUT2D eigenvalue weighted by molar-refractivity contribution is 6.74. The summed E-state index contributed by atoms with van der Waals surface area (Å²) in [7, 11) is -1.75. The number of hydrogen-bond donors (Lipinski definition) is 2. The highest BCUT2D eigenvalue weighted by Gasteiger charge is 2.38. The van der Waals surface area contributed by atoms with Gasteiger partial charge < -0.3 is 14.6 Å². The average Bonchev–Trinajstić information content (AvgIpc) is 2.23. The Balaban J connectivity index is 4.28. The largest absolute Gasteiger partial charge is 0.414 e. The summed E-state index contributed by atoms with van der Waals surface area (Å²) in [5, 5.41) is 19.1. The lowest BCUT2D eigenvalue weighted by molar-refractivity contribution is 0.0971. The third kappa shape index (κ3) is 7.25. The first-order chi connectivity index (χ1) is 8.49. The first-order valence-corrected chi connectivity index (χ1v) is 10.0. The van der Waals surface area contributed by atoms with Crippen LogP contribution in [0.1, 0.15) is 47.5 Å². The molecule has 114 valence electrons. The van der Waals surface area contributed by atoms with Gasteiger partial charge in [-0.15, -0.1) is 0 Å². The van der Waals surface area contributed by atoms with E-state index in [1.54, 1.807) is 0 Å². The van der Waals surface area contributed by atoms with Crippen molar-refractivity contribution in [2.24, 2.45) is 0 Å². The molecule has 19 heavy (non-hydrogen) atoms. The van der Waals surface area contributed by atoms with Crippen LogP contribution >= 0.6 is 0 Å². The molecule has 0 aliphatic heterocycles. The van der Waals surface area contributed by atoms with Crippen molar-refractivity contribution in [2.45, 2.75) is 77.8 Å². The van der Waals surface area contributed by atoms with Gasteiger partial charge in [-0.1, -0.05) is 32.4 Å². The third-order valence-electron chi connectivity index (χ3n) is 3.89. The summed E-state index contributed by atoms with van der Waals surface area (Å²) in [4.78, 5) is 0. The lowest BCUT2D eigenvalue weighted by Gasteiger charge is -2.38. The van der Waals surface area contributed by atoms with E-state index in [1.807, 2.05) is 19.9 Å². The molecular weight excluding hydrogens is 256 g/mol. The Morgan fingerprint density at radius 3 is 2.26 bits per heavy atom. The molecule has 0 radical (unpaired) electrons. The van der Waals surface area contributed by atoms with E-state index >= 15 is 0 Å². The summed E-state index contributed by atoms with van der Waals surface area (Å²) in [6.45, 7) is 15.1. The number of aliphatic hydroxyl groups excluding tert-OH is 2. The van der Waals surface area contributed by atoms with Crippen molar-refractivity contribution in [3.63, 3.8) is 0 Å². The molecule has 2 atom stereocenters. The molecule has 0 rings (SSSR count). The van der Waals surface area contributed by atoms with Gasteiger partial charge in [0.15, 0.2) is 8.32 Å². The van der Waals surface area contributed by atoms with Crippen molar-refractivity contribution in [3.8, 4) is 0 Å². The van der Waals surface area contributed by atoms with E-state index in [0.29, 0.717) is 12.8 Å². The first kappa shape index (κ1) is 18.8. The van der Waals surface area contributed by atoms with E-state index in [1.165, 1.54) is 0 Å². The number of hydrogen-bond acceptors (Lipinski definition) is 3. The summed E-state index contributed by atoms with van der Waals surface area (Å²) in [5.41, 5.74) is 0.900. The fraction of sp³-hybridized carbons (Fsp3) is 0.867. The molecule has 0 spiro atoms. The van der Waals surface area contributed by atoms with E-state index < -0.39 is 14.4 Å². The lowest BCUT2D eigenvalue weighted by atomic mass is 10.1. The molecule has 0 unspecified atom stereocenters. The molecule has 0 fully saturated rings. The fourth-order valence-corrected chi connectivity index (χ4v) is 3.06. The Morgan fingerprint density at radius 2 is 1.84 bits per heavy atom. The van der Waals surface area contributed by atoms with Crippen LogP contribution in [-0.4, -0.2) is 37.3 Å².